The van der Waals surface area contributed by atoms with E-state index in [0.717, 1.165) is 39.3 Å². The van der Waals surface area contributed by atoms with Gasteiger partial charge < -0.3 is 14.4 Å². The Labute approximate surface area is 210 Å². The summed E-state index contributed by atoms with van der Waals surface area (Å²) in [6.45, 7) is 0.328. The Morgan fingerprint density at radius 2 is 1.42 bits per heavy atom. The highest BCUT2D eigenvalue weighted by molar-refractivity contribution is 6.38. The molecular weight excluding hydrogens is 450 g/mol. The van der Waals surface area contributed by atoms with Crippen LogP contribution >= 0.6 is 0 Å². The molecule has 0 bridgehead atoms. The zero-order chi connectivity index (χ0) is 25.1. The Bertz CT molecular complexity index is 1460. The van der Waals surface area contributed by atoms with E-state index >= 15 is 0 Å². The fraction of sp³-hybridized carbons (Fsp3) is 0.0968. The molecule has 0 spiro atoms. The quantitative estimate of drug-likeness (QED) is 0.254. The molecule has 4 aromatic carbocycles. The highest BCUT2D eigenvalue weighted by Crippen LogP contribution is 2.43. The molecule has 0 N–H and O–H groups in total. The number of carbonyl (C=O) groups excluding carboxylic acids is 2. The van der Waals surface area contributed by atoms with Crippen molar-refractivity contribution < 1.29 is 19.1 Å². The van der Waals surface area contributed by atoms with Gasteiger partial charge in [0.05, 0.1) is 37.6 Å². The lowest BCUT2D eigenvalue weighted by Crippen LogP contribution is -2.26. The SMILES string of the molecule is COC(=O)c1cccc(CN2C(=O)C(=C(c3ccccc3)c3ccc(OC)cc3)c3ccccc32)c1. The second-order valence-corrected chi connectivity index (χ2v) is 8.44. The van der Waals surface area contributed by atoms with E-state index in [0.29, 0.717) is 17.7 Å². The molecule has 0 aliphatic carbocycles. The highest BCUT2D eigenvalue weighted by atomic mass is 16.5. The summed E-state index contributed by atoms with van der Waals surface area (Å²) in [4.78, 5) is 27.9. The van der Waals surface area contributed by atoms with Gasteiger partial charge in [-0.25, -0.2) is 4.79 Å². The van der Waals surface area contributed by atoms with Crippen molar-refractivity contribution in [3.8, 4) is 5.75 Å². The predicted molar refractivity (Wildman–Crippen MR) is 141 cm³/mol. The molecule has 0 saturated carbocycles. The Morgan fingerprint density at radius 3 is 2.14 bits per heavy atom. The maximum Gasteiger partial charge on any atom is 0.337 e. The highest BCUT2D eigenvalue weighted by Gasteiger charge is 2.35. The average molecular weight is 476 g/mol. The van der Waals surface area contributed by atoms with Gasteiger partial charge in [0.1, 0.15) is 5.75 Å². The minimum atomic E-state index is -0.406. The molecule has 4 aromatic rings. The monoisotopic (exact) mass is 475 g/mol. The number of para-hydroxylation sites is 1. The second-order valence-electron chi connectivity index (χ2n) is 8.44. The van der Waals surface area contributed by atoms with E-state index in [4.69, 9.17) is 9.47 Å². The van der Waals surface area contributed by atoms with Crippen molar-refractivity contribution in [1.82, 2.24) is 0 Å². The zero-order valence-electron chi connectivity index (χ0n) is 20.1. The summed E-state index contributed by atoms with van der Waals surface area (Å²) in [6, 6.07) is 32.7. The molecule has 0 saturated heterocycles. The standard InChI is InChI=1S/C31H25NO4/c1-35-25-17-15-23(16-18-25)28(22-10-4-3-5-11-22)29-26-13-6-7-14-27(26)32(30(29)33)20-21-9-8-12-24(19-21)31(34)36-2/h3-19H,20H2,1-2H3. The van der Waals surface area contributed by atoms with E-state index in [-0.39, 0.29) is 5.91 Å². The predicted octanol–water partition coefficient (Wildman–Crippen LogP) is 5.99. The lowest BCUT2D eigenvalue weighted by molar-refractivity contribution is -0.113. The van der Waals surface area contributed by atoms with Crippen LogP contribution < -0.4 is 9.64 Å². The summed E-state index contributed by atoms with van der Waals surface area (Å²) in [5.41, 5.74) is 6.39. The first-order valence-electron chi connectivity index (χ1n) is 11.6. The zero-order valence-corrected chi connectivity index (χ0v) is 20.1. The van der Waals surface area contributed by atoms with Gasteiger partial charge in [-0.2, -0.15) is 0 Å². The van der Waals surface area contributed by atoms with Crippen molar-refractivity contribution >= 4 is 28.7 Å². The van der Waals surface area contributed by atoms with E-state index in [1.54, 1.807) is 30.2 Å². The van der Waals surface area contributed by atoms with Gasteiger partial charge in [0.25, 0.3) is 5.91 Å². The summed E-state index contributed by atoms with van der Waals surface area (Å²) >= 11 is 0. The molecule has 1 heterocycles. The van der Waals surface area contributed by atoms with Crippen molar-refractivity contribution in [3.05, 3.63) is 131 Å². The van der Waals surface area contributed by atoms with Crippen molar-refractivity contribution in [2.24, 2.45) is 0 Å². The summed E-state index contributed by atoms with van der Waals surface area (Å²) in [5.74, 6) is 0.257. The fourth-order valence-corrected chi connectivity index (χ4v) is 4.59. The molecule has 178 valence electrons. The van der Waals surface area contributed by atoms with Crippen LogP contribution in [0.15, 0.2) is 103 Å². The normalized spacial score (nSPS) is 13.8. The maximum absolute atomic E-state index is 14.1. The number of rotatable bonds is 6. The number of hydrogen-bond acceptors (Lipinski definition) is 4. The van der Waals surface area contributed by atoms with Crippen LogP contribution in [0.4, 0.5) is 5.69 Å². The van der Waals surface area contributed by atoms with Crippen molar-refractivity contribution in [2.45, 2.75) is 6.54 Å². The van der Waals surface area contributed by atoms with Crippen molar-refractivity contribution in [2.75, 3.05) is 19.1 Å². The van der Waals surface area contributed by atoms with Crippen molar-refractivity contribution in [3.63, 3.8) is 0 Å². The first kappa shape index (κ1) is 23.1. The number of methoxy groups -OCH3 is 2. The first-order chi connectivity index (χ1) is 17.6. The van der Waals surface area contributed by atoms with Crippen molar-refractivity contribution in [1.29, 1.82) is 0 Å². The number of nitrogens with zero attached hydrogens (tertiary/aromatic N) is 1. The molecule has 0 atom stereocenters. The third kappa shape index (κ3) is 4.27. The summed E-state index contributed by atoms with van der Waals surface area (Å²) < 4.78 is 10.2. The molecule has 36 heavy (non-hydrogen) atoms. The molecular formula is C31H25NO4. The van der Waals surface area contributed by atoms with E-state index in [1.165, 1.54) is 7.11 Å². The molecule has 1 aliphatic rings. The van der Waals surface area contributed by atoms with Crippen LogP contribution in [0.5, 0.6) is 5.75 Å². The van der Waals surface area contributed by atoms with Crippen LogP contribution in [0, 0.1) is 0 Å². The van der Waals surface area contributed by atoms with Gasteiger partial charge in [-0.05, 0) is 47.0 Å². The molecule has 5 rings (SSSR count). The fourth-order valence-electron chi connectivity index (χ4n) is 4.59. The number of fused-ring (bicyclic) bond motifs is 1. The average Bonchev–Trinajstić information content (AvgIpc) is 3.20. The number of ether oxygens (including phenoxy) is 2. The van der Waals surface area contributed by atoms with E-state index < -0.39 is 5.97 Å². The number of carbonyl (C=O) groups is 2. The number of hydrogen-bond donors (Lipinski definition) is 0. The topological polar surface area (TPSA) is 55.8 Å². The van der Waals surface area contributed by atoms with Gasteiger partial charge in [-0.1, -0.05) is 72.8 Å². The van der Waals surface area contributed by atoms with Crippen LogP contribution in [0.25, 0.3) is 11.1 Å². The summed E-state index contributed by atoms with van der Waals surface area (Å²) in [7, 11) is 2.99. The van der Waals surface area contributed by atoms with E-state index in [2.05, 4.69) is 0 Å². The number of benzene rings is 4. The molecule has 5 nitrogen and oxygen atoms in total. The second kappa shape index (κ2) is 9.92. The summed E-state index contributed by atoms with van der Waals surface area (Å²) in [5, 5.41) is 0. The third-order valence-electron chi connectivity index (χ3n) is 6.30. The number of esters is 1. The largest absolute Gasteiger partial charge is 0.497 e. The van der Waals surface area contributed by atoms with Gasteiger partial charge in [0.15, 0.2) is 0 Å². The third-order valence-corrected chi connectivity index (χ3v) is 6.30. The lowest BCUT2D eigenvalue weighted by Gasteiger charge is -2.18. The Morgan fingerprint density at radius 1 is 0.750 bits per heavy atom. The van der Waals surface area contributed by atoms with E-state index in [9.17, 15) is 9.59 Å². The lowest BCUT2D eigenvalue weighted by atomic mass is 9.90. The van der Waals surface area contributed by atoms with Crippen LogP contribution in [-0.2, 0) is 16.1 Å². The van der Waals surface area contributed by atoms with Gasteiger partial charge in [-0.15, -0.1) is 0 Å². The van der Waals surface area contributed by atoms with Crippen LogP contribution in [0.3, 0.4) is 0 Å². The summed E-state index contributed by atoms with van der Waals surface area (Å²) in [6.07, 6.45) is 0. The molecule has 1 aliphatic heterocycles. The smallest absolute Gasteiger partial charge is 0.337 e. The molecule has 5 heteroatoms. The number of anilines is 1. The van der Waals surface area contributed by atoms with Gasteiger partial charge >= 0.3 is 5.97 Å². The first-order valence-corrected chi connectivity index (χ1v) is 11.6. The minimum Gasteiger partial charge on any atom is -0.497 e. The number of amides is 1. The van der Waals surface area contributed by atoms with Gasteiger partial charge in [0.2, 0.25) is 0 Å². The molecule has 0 unspecified atom stereocenters. The Balaban J connectivity index is 1.66. The molecule has 0 radical (unpaired) electrons. The molecule has 0 fully saturated rings. The molecule has 0 aromatic heterocycles. The molecule has 1 amide bonds. The Kier molecular flexibility index (Phi) is 6.37. The Hall–Kier alpha value is -4.64. The van der Waals surface area contributed by atoms with Crippen LogP contribution in [0.2, 0.25) is 0 Å². The van der Waals surface area contributed by atoms with Crippen LogP contribution in [-0.4, -0.2) is 26.1 Å². The van der Waals surface area contributed by atoms with E-state index in [1.807, 2.05) is 84.9 Å². The minimum absolute atomic E-state index is 0.0886. The maximum atomic E-state index is 14.1. The van der Waals surface area contributed by atoms with Crippen LogP contribution in [0.1, 0.15) is 32.6 Å². The van der Waals surface area contributed by atoms with Gasteiger partial charge in [0, 0.05) is 11.1 Å². The van der Waals surface area contributed by atoms with Gasteiger partial charge in [-0.3, -0.25) is 4.79 Å².